The van der Waals surface area contributed by atoms with Gasteiger partial charge in [0.1, 0.15) is 6.04 Å². The molecule has 23 heavy (non-hydrogen) atoms. The van der Waals surface area contributed by atoms with Crippen molar-refractivity contribution in [2.75, 3.05) is 31.1 Å². The van der Waals surface area contributed by atoms with Gasteiger partial charge in [-0.2, -0.15) is 0 Å². The Labute approximate surface area is 144 Å². The SMILES string of the molecule is O=C1CCCC2(CCNCCCSSCC(C(=O)O)NC2)C1=O. The van der Waals surface area contributed by atoms with Crippen molar-refractivity contribution in [3.8, 4) is 0 Å². The summed E-state index contributed by atoms with van der Waals surface area (Å²) in [5.41, 5.74) is -0.748. The number of carboxylic acids is 1. The Hall–Kier alpha value is -0.570. The number of carboxylic acid groups (broad SMARTS) is 1. The predicted molar refractivity (Wildman–Crippen MR) is 92.7 cm³/mol. The van der Waals surface area contributed by atoms with Crippen molar-refractivity contribution >= 4 is 39.1 Å². The summed E-state index contributed by atoms with van der Waals surface area (Å²) in [6.45, 7) is 1.82. The van der Waals surface area contributed by atoms with Crippen LogP contribution in [0, 0.1) is 5.41 Å². The van der Waals surface area contributed by atoms with E-state index in [0.29, 0.717) is 38.0 Å². The fourth-order valence-electron chi connectivity index (χ4n) is 3.03. The zero-order chi connectivity index (χ0) is 16.7. The molecule has 0 aromatic heterocycles. The third-order valence-electron chi connectivity index (χ3n) is 4.46. The molecular formula is C15H24N2O4S2. The summed E-state index contributed by atoms with van der Waals surface area (Å²) in [5, 5.41) is 15.7. The molecule has 8 heteroatoms. The van der Waals surface area contributed by atoms with Gasteiger partial charge in [-0.15, -0.1) is 0 Å². The minimum absolute atomic E-state index is 0.265. The van der Waals surface area contributed by atoms with Crippen LogP contribution in [0.15, 0.2) is 0 Å². The molecule has 1 saturated carbocycles. The van der Waals surface area contributed by atoms with Crippen LogP contribution in [0.2, 0.25) is 0 Å². The molecule has 2 aliphatic rings. The van der Waals surface area contributed by atoms with Crippen LogP contribution in [0.25, 0.3) is 0 Å². The van der Waals surface area contributed by atoms with Gasteiger partial charge in [0.15, 0.2) is 5.78 Å². The van der Waals surface area contributed by atoms with Crippen LogP contribution in [0.3, 0.4) is 0 Å². The molecule has 6 nitrogen and oxygen atoms in total. The Kier molecular flexibility index (Phi) is 7.39. The Morgan fingerprint density at radius 2 is 2.00 bits per heavy atom. The van der Waals surface area contributed by atoms with Crippen molar-refractivity contribution in [1.82, 2.24) is 10.6 Å². The van der Waals surface area contributed by atoms with Gasteiger partial charge in [0.25, 0.3) is 0 Å². The lowest BCUT2D eigenvalue weighted by Crippen LogP contribution is -2.52. The van der Waals surface area contributed by atoms with E-state index in [0.717, 1.165) is 18.7 Å². The van der Waals surface area contributed by atoms with Gasteiger partial charge < -0.3 is 15.7 Å². The Morgan fingerprint density at radius 3 is 2.78 bits per heavy atom. The highest BCUT2D eigenvalue weighted by molar-refractivity contribution is 8.76. The molecule has 0 radical (unpaired) electrons. The van der Waals surface area contributed by atoms with Crippen LogP contribution >= 0.6 is 21.6 Å². The molecule has 1 aliphatic heterocycles. The molecule has 2 rings (SSSR count). The summed E-state index contributed by atoms with van der Waals surface area (Å²) in [7, 11) is 3.22. The smallest absolute Gasteiger partial charge is 0.321 e. The maximum absolute atomic E-state index is 12.5. The third kappa shape index (κ3) is 5.20. The van der Waals surface area contributed by atoms with Crippen molar-refractivity contribution in [2.24, 2.45) is 5.41 Å². The number of carbonyl (C=O) groups is 3. The van der Waals surface area contributed by atoms with E-state index in [-0.39, 0.29) is 18.1 Å². The number of nitrogens with one attached hydrogen (secondary N) is 2. The lowest BCUT2D eigenvalue weighted by atomic mass is 9.70. The summed E-state index contributed by atoms with van der Waals surface area (Å²) in [6, 6.07) is -0.692. The van der Waals surface area contributed by atoms with Gasteiger partial charge in [-0.05, 0) is 38.8 Å². The number of ketones is 2. The Morgan fingerprint density at radius 1 is 1.17 bits per heavy atom. The van der Waals surface area contributed by atoms with Crippen LogP contribution in [0.5, 0.6) is 0 Å². The second-order valence-corrected chi connectivity index (χ2v) is 8.75. The second kappa shape index (κ2) is 9.05. The summed E-state index contributed by atoms with van der Waals surface area (Å²) in [5.74, 6) is -0.118. The molecule has 1 aliphatic carbocycles. The number of Topliss-reactive ketones (excluding diaryl/α,β-unsaturated/α-hetero) is 2. The van der Waals surface area contributed by atoms with Crippen LogP contribution in [-0.4, -0.2) is 59.8 Å². The van der Waals surface area contributed by atoms with Crippen LogP contribution in [0.1, 0.15) is 32.1 Å². The van der Waals surface area contributed by atoms with Gasteiger partial charge in [-0.3, -0.25) is 14.4 Å². The van der Waals surface area contributed by atoms with Gasteiger partial charge in [0.2, 0.25) is 5.78 Å². The summed E-state index contributed by atoms with van der Waals surface area (Å²) >= 11 is 0. The molecule has 3 N–H and O–H groups in total. The molecule has 0 aromatic rings. The van der Waals surface area contributed by atoms with Gasteiger partial charge in [-0.1, -0.05) is 21.6 Å². The number of hydrogen-bond acceptors (Lipinski definition) is 7. The highest BCUT2D eigenvalue weighted by atomic mass is 33.1. The van der Waals surface area contributed by atoms with Crippen LogP contribution < -0.4 is 10.6 Å². The van der Waals surface area contributed by atoms with E-state index in [1.165, 1.54) is 0 Å². The number of hydrogen-bond donors (Lipinski definition) is 3. The van der Waals surface area contributed by atoms with Crippen LogP contribution in [-0.2, 0) is 14.4 Å². The average molecular weight is 361 g/mol. The molecule has 2 atom stereocenters. The highest BCUT2D eigenvalue weighted by Crippen LogP contribution is 2.35. The zero-order valence-electron chi connectivity index (χ0n) is 13.1. The van der Waals surface area contributed by atoms with E-state index >= 15 is 0 Å². The highest BCUT2D eigenvalue weighted by Gasteiger charge is 2.44. The maximum Gasteiger partial charge on any atom is 0.321 e. The first kappa shape index (κ1) is 18.8. The third-order valence-corrected chi connectivity index (χ3v) is 6.96. The first-order chi connectivity index (χ1) is 11.1. The standard InChI is InChI=1S/C15H24N2O4S2/c18-12-3-1-4-15(13(12)19)5-7-16-6-2-8-22-23-9-11(14(20)21)17-10-15/h11,16-17H,1-10H2,(H,20,21). The maximum atomic E-state index is 12.5. The van der Waals surface area contributed by atoms with Gasteiger partial charge >= 0.3 is 5.97 Å². The van der Waals surface area contributed by atoms with E-state index < -0.39 is 17.4 Å². The van der Waals surface area contributed by atoms with Gasteiger partial charge in [0.05, 0.1) is 5.41 Å². The molecule has 0 bridgehead atoms. The van der Waals surface area contributed by atoms with E-state index in [2.05, 4.69) is 10.6 Å². The van der Waals surface area contributed by atoms with Crippen LogP contribution in [0.4, 0.5) is 0 Å². The number of aliphatic carboxylic acids is 1. The molecule has 0 amide bonds. The summed E-state index contributed by atoms with van der Waals surface area (Å²) in [4.78, 5) is 35.8. The fourth-order valence-corrected chi connectivity index (χ4v) is 5.30. The molecule has 1 saturated heterocycles. The number of rotatable bonds is 1. The minimum Gasteiger partial charge on any atom is -0.480 e. The Bertz CT molecular complexity index is 461. The monoisotopic (exact) mass is 360 g/mol. The van der Waals surface area contributed by atoms with Gasteiger partial charge in [-0.25, -0.2) is 0 Å². The molecule has 2 unspecified atom stereocenters. The zero-order valence-corrected chi connectivity index (χ0v) is 14.8. The van der Waals surface area contributed by atoms with Crippen molar-refractivity contribution in [2.45, 2.75) is 38.1 Å². The van der Waals surface area contributed by atoms with Crippen molar-refractivity contribution in [3.05, 3.63) is 0 Å². The number of carbonyl (C=O) groups excluding carboxylic acids is 2. The molecule has 1 spiro atoms. The quantitative estimate of drug-likeness (QED) is 0.473. The largest absolute Gasteiger partial charge is 0.480 e. The lowest BCUT2D eigenvalue weighted by Gasteiger charge is -2.36. The molecular weight excluding hydrogens is 336 g/mol. The van der Waals surface area contributed by atoms with Crippen molar-refractivity contribution in [3.63, 3.8) is 0 Å². The fraction of sp³-hybridized carbons (Fsp3) is 0.800. The first-order valence-electron chi connectivity index (χ1n) is 8.04. The lowest BCUT2D eigenvalue weighted by molar-refractivity contribution is -0.146. The molecule has 130 valence electrons. The van der Waals surface area contributed by atoms with E-state index in [1.54, 1.807) is 21.6 Å². The van der Waals surface area contributed by atoms with Gasteiger partial charge in [0, 0.05) is 24.5 Å². The van der Waals surface area contributed by atoms with Crippen molar-refractivity contribution in [1.29, 1.82) is 0 Å². The first-order valence-corrected chi connectivity index (χ1v) is 10.5. The summed E-state index contributed by atoms with van der Waals surface area (Å²) < 4.78 is 0. The second-order valence-electron chi connectivity index (χ2n) is 6.12. The van der Waals surface area contributed by atoms with E-state index in [1.807, 2.05) is 0 Å². The molecule has 1 heterocycles. The normalized spacial score (nSPS) is 31.9. The van der Waals surface area contributed by atoms with E-state index in [4.69, 9.17) is 0 Å². The molecule has 2 fully saturated rings. The topological polar surface area (TPSA) is 95.5 Å². The van der Waals surface area contributed by atoms with E-state index in [9.17, 15) is 19.5 Å². The average Bonchev–Trinajstić information content (AvgIpc) is 2.54. The van der Waals surface area contributed by atoms with Crippen molar-refractivity contribution < 1.29 is 19.5 Å². The molecule has 0 aromatic carbocycles. The minimum atomic E-state index is -0.907. The summed E-state index contributed by atoms with van der Waals surface area (Å²) in [6.07, 6.45) is 3.26. The predicted octanol–water partition coefficient (Wildman–Crippen LogP) is 1.10. The Balaban J connectivity index is 2.12.